The van der Waals surface area contributed by atoms with Gasteiger partial charge in [-0.3, -0.25) is 4.98 Å². The molecule has 3 heterocycles. The van der Waals surface area contributed by atoms with Crippen molar-refractivity contribution in [3.63, 3.8) is 0 Å². The lowest BCUT2D eigenvalue weighted by molar-refractivity contribution is 0.728. The van der Waals surface area contributed by atoms with Gasteiger partial charge in [0.25, 0.3) is 0 Å². The van der Waals surface area contributed by atoms with Crippen molar-refractivity contribution < 1.29 is 0 Å². The zero-order chi connectivity index (χ0) is 17.5. The molecule has 0 bridgehead atoms. The first-order valence-corrected chi connectivity index (χ1v) is 9.21. The van der Waals surface area contributed by atoms with E-state index < -0.39 is 0 Å². The van der Waals surface area contributed by atoms with E-state index in [4.69, 9.17) is 0 Å². The van der Waals surface area contributed by atoms with Crippen LogP contribution in [0.5, 0.6) is 0 Å². The number of aromatic nitrogens is 2. The highest BCUT2D eigenvalue weighted by Gasteiger charge is 2.29. The second-order valence-electron chi connectivity index (χ2n) is 7.10. The minimum atomic E-state index is 0.875. The van der Waals surface area contributed by atoms with Crippen LogP contribution in [-0.2, 0) is 6.54 Å². The van der Waals surface area contributed by atoms with Crippen LogP contribution < -0.4 is 10.6 Å². The number of aryl methyl sites for hydroxylation is 1. The summed E-state index contributed by atoms with van der Waals surface area (Å²) in [6.07, 6.45) is 6.26. The second kappa shape index (κ2) is 6.15. The van der Waals surface area contributed by atoms with Gasteiger partial charge in [-0.05, 0) is 49.1 Å². The number of benzene rings is 1. The van der Waals surface area contributed by atoms with Crippen LogP contribution in [0.15, 0.2) is 54.4 Å². The summed E-state index contributed by atoms with van der Waals surface area (Å²) in [5.74, 6) is 0. The normalized spacial score (nSPS) is 15.7. The third kappa shape index (κ3) is 2.63. The number of H-pyrrole nitrogens is 1. The van der Waals surface area contributed by atoms with Crippen LogP contribution in [0.3, 0.4) is 0 Å². The van der Waals surface area contributed by atoms with Crippen LogP contribution in [-0.4, -0.2) is 16.5 Å². The van der Waals surface area contributed by atoms with Crippen molar-refractivity contribution in [2.24, 2.45) is 0 Å². The third-order valence-electron chi connectivity index (χ3n) is 5.24. The van der Waals surface area contributed by atoms with E-state index in [1.54, 1.807) is 5.57 Å². The van der Waals surface area contributed by atoms with Crippen molar-refractivity contribution in [1.82, 2.24) is 15.3 Å². The largest absolute Gasteiger partial charge is 0.355 e. The molecular weight excluding hydrogens is 320 g/mol. The van der Waals surface area contributed by atoms with Crippen LogP contribution >= 0.6 is 0 Å². The Morgan fingerprint density at radius 2 is 1.88 bits per heavy atom. The molecule has 2 aliphatic rings. The first-order chi connectivity index (χ1) is 12.8. The minimum Gasteiger partial charge on any atom is -0.355 e. The zero-order valence-corrected chi connectivity index (χ0v) is 14.9. The lowest BCUT2D eigenvalue weighted by Gasteiger charge is -2.19. The molecule has 2 aromatic heterocycles. The van der Waals surface area contributed by atoms with Crippen LogP contribution in [0.25, 0.3) is 16.8 Å². The Hall–Kier alpha value is -2.85. The molecule has 5 rings (SSSR count). The Morgan fingerprint density at radius 1 is 1.04 bits per heavy atom. The van der Waals surface area contributed by atoms with Crippen molar-refractivity contribution >= 4 is 16.9 Å². The standard InChI is InChI=1S/C22H22N4/c1-14-11-23-10-9-17(14)21-22(25-16-5-3-2-4-6-16)20-18(15-7-8-15)12-24-13-19(20)26-21/h2-6,9-11,24-26H,7-8,12-13H2,1H3. The Balaban J connectivity index is 1.72. The number of allylic oxidation sites excluding steroid dienone is 1. The number of nitrogens with zero attached hydrogens (tertiary/aromatic N) is 1. The fraction of sp³-hybridized carbons (Fsp3) is 0.227. The van der Waals surface area contributed by atoms with Crippen molar-refractivity contribution in [3.8, 4) is 11.3 Å². The van der Waals surface area contributed by atoms with E-state index in [1.165, 1.54) is 46.5 Å². The van der Waals surface area contributed by atoms with Gasteiger partial charge in [0, 0.05) is 48.0 Å². The molecule has 0 unspecified atom stereocenters. The molecule has 0 radical (unpaired) electrons. The third-order valence-corrected chi connectivity index (χ3v) is 5.24. The first kappa shape index (κ1) is 15.4. The average Bonchev–Trinajstić information content (AvgIpc) is 3.46. The number of hydrogen-bond donors (Lipinski definition) is 3. The summed E-state index contributed by atoms with van der Waals surface area (Å²) in [5.41, 5.74) is 11.5. The molecule has 1 fully saturated rings. The van der Waals surface area contributed by atoms with Crippen molar-refractivity contribution in [1.29, 1.82) is 0 Å². The predicted octanol–water partition coefficient (Wildman–Crippen LogP) is 4.78. The molecule has 3 aromatic rings. The van der Waals surface area contributed by atoms with E-state index in [-0.39, 0.29) is 0 Å². The molecule has 4 nitrogen and oxygen atoms in total. The Labute approximate surface area is 153 Å². The maximum Gasteiger partial charge on any atom is 0.0724 e. The monoisotopic (exact) mass is 342 g/mol. The lowest BCUT2D eigenvalue weighted by Crippen LogP contribution is -2.22. The summed E-state index contributed by atoms with van der Waals surface area (Å²) in [7, 11) is 0. The number of fused-ring (bicyclic) bond motifs is 1. The smallest absolute Gasteiger partial charge is 0.0724 e. The minimum absolute atomic E-state index is 0.875. The van der Waals surface area contributed by atoms with E-state index in [2.05, 4.69) is 57.9 Å². The molecule has 0 saturated heterocycles. The number of para-hydroxylation sites is 1. The summed E-state index contributed by atoms with van der Waals surface area (Å²) in [6.45, 7) is 3.95. The van der Waals surface area contributed by atoms with Crippen LogP contribution in [0.4, 0.5) is 11.4 Å². The molecule has 0 atom stereocenters. The summed E-state index contributed by atoms with van der Waals surface area (Å²) in [6, 6.07) is 12.5. The molecule has 130 valence electrons. The molecule has 0 amide bonds. The number of rotatable bonds is 3. The van der Waals surface area contributed by atoms with Gasteiger partial charge in [-0.25, -0.2) is 0 Å². The summed E-state index contributed by atoms with van der Waals surface area (Å²) >= 11 is 0. The summed E-state index contributed by atoms with van der Waals surface area (Å²) in [5, 5.41) is 7.26. The van der Waals surface area contributed by atoms with Gasteiger partial charge in [-0.1, -0.05) is 23.8 Å². The summed E-state index contributed by atoms with van der Waals surface area (Å²) in [4.78, 5) is 7.97. The number of nitrogens with one attached hydrogen (secondary N) is 3. The Bertz CT molecular complexity index is 992. The molecule has 0 spiro atoms. The quantitative estimate of drug-likeness (QED) is 0.642. The second-order valence-corrected chi connectivity index (χ2v) is 7.10. The van der Waals surface area contributed by atoms with Gasteiger partial charge in [-0.2, -0.15) is 0 Å². The summed E-state index contributed by atoms with van der Waals surface area (Å²) < 4.78 is 0. The van der Waals surface area contributed by atoms with E-state index in [1.807, 2.05) is 18.5 Å². The van der Waals surface area contributed by atoms with E-state index in [0.717, 1.165) is 24.5 Å². The highest BCUT2D eigenvalue weighted by Crippen LogP contribution is 2.46. The topological polar surface area (TPSA) is 52.7 Å². The van der Waals surface area contributed by atoms with Crippen LogP contribution in [0.2, 0.25) is 0 Å². The van der Waals surface area contributed by atoms with E-state index in [9.17, 15) is 0 Å². The fourth-order valence-electron chi connectivity index (χ4n) is 3.83. The zero-order valence-electron chi connectivity index (χ0n) is 14.9. The lowest BCUT2D eigenvalue weighted by atomic mass is 9.97. The SMILES string of the molecule is Cc1cnccc1-c1[nH]c2c(c1Nc1ccccc1)C(=C1CC1)CNC2. The maximum atomic E-state index is 4.26. The van der Waals surface area contributed by atoms with Gasteiger partial charge in [0.1, 0.15) is 0 Å². The Kier molecular flexibility index (Phi) is 3.64. The maximum absolute atomic E-state index is 4.26. The first-order valence-electron chi connectivity index (χ1n) is 9.21. The molecule has 3 N–H and O–H groups in total. The fourth-order valence-corrected chi connectivity index (χ4v) is 3.83. The van der Waals surface area contributed by atoms with Gasteiger partial charge in [-0.15, -0.1) is 0 Å². The van der Waals surface area contributed by atoms with Gasteiger partial charge in [0.15, 0.2) is 0 Å². The number of aromatic amines is 1. The van der Waals surface area contributed by atoms with Gasteiger partial charge in [0.2, 0.25) is 0 Å². The average molecular weight is 342 g/mol. The van der Waals surface area contributed by atoms with Gasteiger partial charge >= 0.3 is 0 Å². The van der Waals surface area contributed by atoms with Crippen LogP contribution in [0.1, 0.15) is 29.7 Å². The van der Waals surface area contributed by atoms with E-state index in [0.29, 0.717) is 0 Å². The number of pyridine rings is 1. The van der Waals surface area contributed by atoms with E-state index >= 15 is 0 Å². The molecule has 1 aromatic carbocycles. The van der Waals surface area contributed by atoms with Crippen molar-refractivity contribution in [2.75, 3.05) is 11.9 Å². The molecule has 26 heavy (non-hydrogen) atoms. The highest BCUT2D eigenvalue weighted by molar-refractivity contribution is 5.93. The molecule has 1 aliphatic carbocycles. The predicted molar refractivity (Wildman–Crippen MR) is 106 cm³/mol. The molecule has 1 saturated carbocycles. The highest BCUT2D eigenvalue weighted by atomic mass is 15.0. The molecule has 4 heteroatoms. The Morgan fingerprint density at radius 3 is 2.65 bits per heavy atom. The van der Waals surface area contributed by atoms with Gasteiger partial charge in [0.05, 0.1) is 11.4 Å². The number of anilines is 2. The van der Waals surface area contributed by atoms with Crippen LogP contribution in [0, 0.1) is 6.92 Å². The molecule has 1 aliphatic heterocycles. The number of hydrogen-bond acceptors (Lipinski definition) is 3. The van der Waals surface area contributed by atoms with Crippen molar-refractivity contribution in [3.05, 3.63) is 71.2 Å². The molecular formula is C22H22N4. The van der Waals surface area contributed by atoms with Gasteiger partial charge < -0.3 is 15.6 Å². The van der Waals surface area contributed by atoms with Crippen molar-refractivity contribution in [2.45, 2.75) is 26.3 Å².